The van der Waals surface area contributed by atoms with Crippen LogP contribution in [0.5, 0.6) is 11.5 Å². The number of hydrogen-bond acceptors (Lipinski definition) is 3. The number of rotatable bonds is 2. The molecule has 16 heavy (non-hydrogen) atoms. The third-order valence-electron chi connectivity index (χ3n) is 2.64. The second-order valence-electron chi connectivity index (χ2n) is 4.15. The first-order valence-electron chi connectivity index (χ1n) is 5.30. The summed E-state index contributed by atoms with van der Waals surface area (Å²) in [6, 6.07) is 4.10. The Bertz CT molecular complexity index is 393. The predicted molar refractivity (Wildman–Crippen MR) is 67.5 cm³/mol. The quantitative estimate of drug-likeness (QED) is 0.616. The summed E-state index contributed by atoms with van der Waals surface area (Å²) < 4.78 is 11.1. The Morgan fingerprint density at radius 3 is 2.31 bits per heavy atom. The van der Waals surface area contributed by atoms with E-state index in [0.717, 1.165) is 11.5 Å². The first-order valence-corrected chi connectivity index (χ1v) is 6.22. The van der Waals surface area contributed by atoms with Gasteiger partial charge < -0.3 is 9.47 Å². The minimum atomic E-state index is 0.198. The Hall–Kier alpha value is -0.740. The molecule has 0 radical (unpaired) electrons. The van der Waals surface area contributed by atoms with Crippen LogP contribution in [0.2, 0.25) is 0 Å². The molecule has 0 aromatic heterocycles. The average Bonchev–Trinajstić information content (AvgIpc) is 2.27. The van der Waals surface area contributed by atoms with Crippen LogP contribution in [0.1, 0.15) is 16.1 Å². The van der Waals surface area contributed by atoms with Gasteiger partial charge in [-0.3, -0.25) is 4.90 Å². The van der Waals surface area contributed by atoms with Crippen LogP contribution in [-0.2, 0) is 0 Å². The third-order valence-corrected chi connectivity index (χ3v) is 3.95. The lowest BCUT2D eigenvalue weighted by molar-refractivity contribution is 0.171. The van der Waals surface area contributed by atoms with E-state index in [-0.39, 0.29) is 4.95 Å². The Morgan fingerprint density at radius 2 is 1.75 bits per heavy atom. The fourth-order valence-electron chi connectivity index (χ4n) is 1.74. The highest BCUT2D eigenvalue weighted by Crippen LogP contribution is 2.37. The van der Waals surface area contributed by atoms with Gasteiger partial charge in [0.1, 0.15) is 13.2 Å². The van der Waals surface area contributed by atoms with Crippen molar-refractivity contribution in [3.63, 3.8) is 0 Å². The molecular formula is C12H16BrNO2. The van der Waals surface area contributed by atoms with Gasteiger partial charge in [-0.15, -0.1) is 0 Å². The molecule has 3 nitrogen and oxygen atoms in total. The number of hydrogen-bond donors (Lipinski definition) is 0. The zero-order valence-corrected chi connectivity index (χ0v) is 11.4. The molecule has 1 unspecified atom stereocenters. The van der Waals surface area contributed by atoms with Gasteiger partial charge in [-0.25, -0.2) is 0 Å². The third kappa shape index (κ3) is 2.18. The normalized spacial score (nSPS) is 16.3. The number of nitrogens with zero attached hydrogens (tertiary/aromatic N) is 1. The number of alkyl halides is 1. The van der Waals surface area contributed by atoms with Crippen LogP contribution in [0.15, 0.2) is 12.1 Å². The molecule has 0 saturated carbocycles. The molecule has 0 bridgehead atoms. The molecule has 0 saturated heterocycles. The summed E-state index contributed by atoms with van der Waals surface area (Å²) in [5, 5.41) is 0. The van der Waals surface area contributed by atoms with Gasteiger partial charge in [-0.1, -0.05) is 15.9 Å². The van der Waals surface area contributed by atoms with Crippen molar-refractivity contribution in [2.24, 2.45) is 0 Å². The highest BCUT2D eigenvalue weighted by atomic mass is 79.9. The van der Waals surface area contributed by atoms with E-state index in [2.05, 4.69) is 33.8 Å². The van der Waals surface area contributed by atoms with Crippen molar-refractivity contribution in [1.82, 2.24) is 4.90 Å². The van der Waals surface area contributed by atoms with Crippen LogP contribution in [0.3, 0.4) is 0 Å². The van der Waals surface area contributed by atoms with Gasteiger partial charge in [0, 0.05) is 0 Å². The van der Waals surface area contributed by atoms with Crippen LogP contribution in [0.4, 0.5) is 0 Å². The number of fused-ring (bicyclic) bond motifs is 1. The Labute approximate surface area is 104 Å². The molecule has 0 aliphatic carbocycles. The molecule has 1 aromatic carbocycles. The summed E-state index contributed by atoms with van der Waals surface area (Å²) in [6.45, 7) is 3.35. The maximum absolute atomic E-state index is 5.58. The molecule has 0 fully saturated rings. The maximum atomic E-state index is 5.58. The minimum Gasteiger partial charge on any atom is -0.486 e. The lowest BCUT2D eigenvalue weighted by atomic mass is 10.1. The van der Waals surface area contributed by atoms with Crippen molar-refractivity contribution in [3.8, 4) is 11.5 Å². The lowest BCUT2D eigenvalue weighted by Gasteiger charge is -2.24. The molecule has 0 spiro atoms. The van der Waals surface area contributed by atoms with E-state index in [9.17, 15) is 0 Å². The van der Waals surface area contributed by atoms with Gasteiger partial charge in [-0.2, -0.15) is 0 Å². The van der Waals surface area contributed by atoms with Crippen molar-refractivity contribution in [3.05, 3.63) is 23.3 Å². The summed E-state index contributed by atoms with van der Waals surface area (Å²) in [5.74, 6) is 1.70. The van der Waals surface area contributed by atoms with E-state index in [1.54, 1.807) is 0 Å². The van der Waals surface area contributed by atoms with Crippen LogP contribution < -0.4 is 9.47 Å². The second-order valence-corrected chi connectivity index (χ2v) is 5.02. The molecule has 0 N–H and O–H groups in total. The van der Waals surface area contributed by atoms with Crippen LogP contribution in [0, 0.1) is 6.92 Å². The van der Waals surface area contributed by atoms with Crippen molar-refractivity contribution in [2.75, 3.05) is 27.3 Å². The molecule has 1 heterocycles. The minimum absolute atomic E-state index is 0.198. The molecule has 88 valence electrons. The number of benzene rings is 1. The number of ether oxygens (including phenoxy) is 2. The van der Waals surface area contributed by atoms with Crippen molar-refractivity contribution >= 4 is 15.9 Å². The highest BCUT2D eigenvalue weighted by molar-refractivity contribution is 9.09. The SMILES string of the molecule is Cc1cc2c(cc1C(Br)N(C)C)OCCO2. The summed E-state index contributed by atoms with van der Waals surface area (Å²) in [5.41, 5.74) is 2.43. The molecule has 1 aliphatic heterocycles. The van der Waals surface area contributed by atoms with Crippen molar-refractivity contribution in [2.45, 2.75) is 11.9 Å². The maximum Gasteiger partial charge on any atom is 0.161 e. The lowest BCUT2D eigenvalue weighted by Crippen LogP contribution is -2.18. The summed E-state index contributed by atoms with van der Waals surface area (Å²) in [7, 11) is 4.07. The molecule has 4 heteroatoms. The number of halogens is 1. The van der Waals surface area contributed by atoms with E-state index in [4.69, 9.17) is 9.47 Å². The first-order chi connectivity index (χ1) is 7.59. The summed E-state index contributed by atoms with van der Waals surface area (Å²) in [4.78, 5) is 2.31. The number of aryl methyl sites for hydroxylation is 1. The highest BCUT2D eigenvalue weighted by Gasteiger charge is 2.18. The monoisotopic (exact) mass is 285 g/mol. The van der Waals surface area contributed by atoms with E-state index < -0.39 is 0 Å². The average molecular weight is 286 g/mol. The topological polar surface area (TPSA) is 21.7 Å². The van der Waals surface area contributed by atoms with Crippen LogP contribution in [-0.4, -0.2) is 32.2 Å². The van der Waals surface area contributed by atoms with Crippen molar-refractivity contribution < 1.29 is 9.47 Å². The molecule has 2 rings (SSSR count). The predicted octanol–water partition coefficient (Wildman–Crippen LogP) is 2.72. The fraction of sp³-hybridized carbons (Fsp3) is 0.500. The summed E-state index contributed by atoms with van der Waals surface area (Å²) in [6.07, 6.45) is 0. The van der Waals surface area contributed by atoms with E-state index >= 15 is 0 Å². The standard InChI is InChI=1S/C12H16BrNO2/c1-8-6-10-11(16-5-4-15-10)7-9(8)12(13)14(2)3/h6-7,12H,4-5H2,1-3H3. The zero-order valence-electron chi connectivity index (χ0n) is 9.79. The van der Waals surface area contributed by atoms with E-state index in [0.29, 0.717) is 13.2 Å². The van der Waals surface area contributed by atoms with Crippen LogP contribution >= 0.6 is 15.9 Å². The van der Waals surface area contributed by atoms with Crippen molar-refractivity contribution in [1.29, 1.82) is 0 Å². The van der Waals surface area contributed by atoms with Gasteiger partial charge in [0.2, 0.25) is 0 Å². The van der Waals surface area contributed by atoms with Crippen LogP contribution in [0.25, 0.3) is 0 Å². The Balaban J connectivity index is 2.39. The molecule has 1 aromatic rings. The van der Waals surface area contributed by atoms with Gasteiger partial charge in [0.15, 0.2) is 11.5 Å². The molecule has 0 amide bonds. The summed E-state index contributed by atoms with van der Waals surface area (Å²) >= 11 is 3.66. The van der Waals surface area contributed by atoms with E-state index in [1.807, 2.05) is 20.2 Å². The Kier molecular flexibility index (Phi) is 3.40. The fourth-order valence-corrected chi connectivity index (χ4v) is 2.23. The van der Waals surface area contributed by atoms with Gasteiger partial charge >= 0.3 is 0 Å². The largest absolute Gasteiger partial charge is 0.486 e. The van der Waals surface area contributed by atoms with Gasteiger partial charge in [0.05, 0.1) is 4.95 Å². The van der Waals surface area contributed by atoms with Gasteiger partial charge in [0.25, 0.3) is 0 Å². The first kappa shape index (κ1) is 11.7. The van der Waals surface area contributed by atoms with Gasteiger partial charge in [-0.05, 0) is 44.3 Å². The second kappa shape index (κ2) is 4.63. The Morgan fingerprint density at radius 1 is 1.19 bits per heavy atom. The molecular weight excluding hydrogens is 270 g/mol. The smallest absolute Gasteiger partial charge is 0.161 e. The zero-order chi connectivity index (χ0) is 11.7. The molecule has 1 atom stereocenters. The van der Waals surface area contributed by atoms with E-state index in [1.165, 1.54) is 11.1 Å². The molecule has 1 aliphatic rings.